The van der Waals surface area contributed by atoms with Gasteiger partial charge in [0.1, 0.15) is 0 Å². The molecule has 0 aliphatic rings. The maximum absolute atomic E-state index is 10.7. The van der Waals surface area contributed by atoms with Crippen LogP contribution in [0, 0.1) is 0 Å². The van der Waals surface area contributed by atoms with Gasteiger partial charge in [-0.25, -0.2) is 0 Å². The third-order valence-corrected chi connectivity index (χ3v) is 1.66. The summed E-state index contributed by atoms with van der Waals surface area (Å²) in [4.78, 5) is 10.7. The highest BCUT2D eigenvalue weighted by Gasteiger charge is 2.26. The van der Waals surface area contributed by atoms with Crippen molar-refractivity contribution in [1.29, 1.82) is 0 Å². The Morgan fingerprint density at radius 1 is 1.60 bits per heavy atom. The van der Waals surface area contributed by atoms with E-state index in [-0.39, 0.29) is 12.0 Å². The lowest BCUT2D eigenvalue weighted by Gasteiger charge is -1.96. The maximum Gasteiger partial charge on any atom is 0.190 e. The zero-order chi connectivity index (χ0) is 7.72. The van der Waals surface area contributed by atoms with Gasteiger partial charge in [-0.2, -0.15) is 0 Å². The molecule has 1 rings (SSSR count). The molecule has 0 fully saturated rings. The van der Waals surface area contributed by atoms with E-state index in [0.29, 0.717) is 17.5 Å². The van der Waals surface area contributed by atoms with E-state index in [2.05, 4.69) is 0 Å². The van der Waals surface area contributed by atoms with Crippen molar-refractivity contribution in [3.63, 3.8) is 0 Å². The highest BCUT2D eigenvalue weighted by atomic mass is 16.3. The summed E-state index contributed by atoms with van der Waals surface area (Å²) < 4.78 is 0. The van der Waals surface area contributed by atoms with Gasteiger partial charge in [0.25, 0.3) is 0 Å². The van der Waals surface area contributed by atoms with Crippen molar-refractivity contribution in [3.05, 3.63) is 21.4 Å². The van der Waals surface area contributed by atoms with Gasteiger partial charge in [-0.05, 0) is 6.42 Å². The molecule has 0 amide bonds. The minimum atomic E-state index is -0.658. The first-order chi connectivity index (χ1) is 4.72. The Morgan fingerprint density at radius 3 is 2.50 bits per heavy atom. The highest BCUT2D eigenvalue weighted by molar-refractivity contribution is 5.40. The summed E-state index contributed by atoms with van der Waals surface area (Å²) in [5.41, 5.74) is 0.663. The second kappa shape index (κ2) is 2.52. The van der Waals surface area contributed by atoms with Crippen LogP contribution in [0.3, 0.4) is 0 Å². The van der Waals surface area contributed by atoms with Crippen LogP contribution in [0.2, 0.25) is 0 Å². The molecule has 1 aromatic rings. The van der Waals surface area contributed by atoms with Crippen LogP contribution < -0.4 is 5.43 Å². The van der Waals surface area contributed by atoms with Crippen molar-refractivity contribution in [2.24, 2.45) is 0 Å². The fourth-order valence-electron chi connectivity index (χ4n) is 0.936. The number of aliphatic hydroxyl groups excluding tert-OH is 2. The van der Waals surface area contributed by atoms with Crippen molar-refractivity contribution in [2.75, 3.05) is 0 Å². The van der Waals surface area contributed by atoms with E-state index in [9.17, 15) is 4.79 Å². The predicted octanol–water partition coefficient (Wildman–Crippen LogP) is -0.142. The van der Waals surface area contributed by atoms with E-state index in [1.807, 2.05) is 0 Å². The molecule has 0 aliphatic heterocycles. The lowest BCUT2D eigenvalue weighted by Crippen LogP contribution is -1.92. The Hall–Kier alpha value is -0.670. The van der Waals surface area contributed by atoms with Crippen LogP contribution in [0.1, 0.15) is 30.6 Å². The molecule has 0 heterocycles. The van der Waals surface area contributed by atoms with E-state index in [1.165, 1.54) is 0 Å². The molecule has 0 bridgehead atoms. The van der Waals surface area contributed by atoms with Crippen LogP contribution in [0.25, 0.3) is 0 Å². The maximum atomic E-state index is 10.7. The van der Waals surface area contributed by atoms with Crippen LogP contribution in [-0.4, -0.2) is 10.2 Å². The van der Waals surface area contributed by atoms with Gasteiger partial charge in [0, 0.05) is 11.1 Å². The smallest absolute Gasteiger partial charge is 0.190 e. The summed E-state index contributed by atoms with van der Waals surface area (Å²) in [6.07, 6.45) is -0.125. The summed E-state index contributed by atoms with van der Waals surface area (Å²) in [5.74, 6) is 0. The molecule has 0 spiro atoms. The molecule has 0 saturated carbocycles. The quantitative estimate of drug-likeness (QED) is 0.617. The summed E-state index contributed by atoms with van der Waals surface area (Å²) in [6.45, 7) is 1.56. The molecule has 0 radical (unpaired) electrons. The van der Waals surface area contributed by atoms with Crippen molar-refractivity contribution in [2.45, 2.75) is 26.1 Å². The first kappa shape index (κ1) is 7.44. The Kier molecular flexibility index (Phi) is 1.87. The second-order valence-corrected chi connectivity index (χ2v) is 2.30. The van der Waals surface area contributed by atoms with Crippen LogP contribution >= 0.6 is 0 Å². The molecule has 1 aromatic carbocycles. The van der Waals surface area contributed by atoms with Gasteiger partial charge in [-0.1, -0.05) is 6.92 Å². The highest BCUT2D eigenvalue weighted by Crippen LogP contribution is 2.21. The Balaban J connectivity index is 2.67. The van der Waals surface area contributed by atoms with E-state index >= 15 is 0 Å². The van der Waals surface area contributed by atoms with Crippen molar-refractivity contribution >= 4 is 0 Å². The van der Waals surface area contributed by atoms with Gasteiger partial charge in [0.2, 0.25) is 0 Å². The molecule has 56 valence electrons. The average molecular weight is 142 g/mol. The van der Waals surface area contributed by atoms with Gasteiger partial charge < -0.3 is 10.2 Å². The molecule has 10 heavy (non-hydrogen) atoms. The monoisotopic (exact) mass is 142 g/mol. The summed E-state index contributed by atoms with van der Waals surface area (Å²) in [6, 6.07) is 0. The molecule has 3 nitrogen and oxygen atoms in total. The summed E-state index contributed by atoms with van der Waals surface area (Å²) >= 11 is 0. The molecular weight excluding hydrogens is 132 g/mol. The summed E-state index contributed by atoms with van der Waals surface area (Å²) in [5, 5.41) is 17.6. The fraction of sp³-hybridized carbons (Fsp3) is 0.571. The van der Waals surface area contributed by atoms with Gasteiger partial charge in [-0.15, -0.1) is 0 Å². The first-order valence-electron chi connectivity index (χ1n) is 3.29. The third kappa shape index (κ3) is 0.978. The van der Waals surface area contributed by atoms with Crippen LogP contribution in [-0.2, 0) is 6.61 Å². The fourth-order valence-corrected chi connectivity index (χ4v) is 0.936. The number of aliphatic hydroxyl groups is 2. The SMILES string of the molecule is CCC(O)c1c(CO)c1=O. The van der Waals surface area contributed by atoms with Gasteiger partial charge in [0.15, 0.2) is 5.43 Å². The normalized spacial score (nSPS) is 14.3. The lowest BCUT2D eigenvalue weighted by atomic mass is 10.2. The third-order valence-electron chi connectivity index (χ3n) is 1.66. The van der Waals surface area contributed by atoms with Crippen LogP contribution in [0.4, 0.5) is 0 Å². The van der Waals surface area contributed by atoms with E-state index in [0.717, 1.165) is 0 Å². The number of hydrogen-bond acceptors (Lipinski definition) is 3. The van der Waals surface area contributed by atoms with E-state index in [4.69, 9.17) is 10.2 Å². The Bertz CT molecular complexity index is 232. The topological polar surface area (TPSA) is 57.5 Å². The predicted molar refractivity (Wildman–Crippen MR) is 36.3 cm³/mol. The van der Waals surface area contributed by atoms with Crippen molar-refractivity contribution < 1.29 is 10.2 Å². The number of rotatable bonds is 3. The summed E-state index contributed by atoms with van der Waals surface area (Å²) in [7, 11) is 0. The molecule has 0 aliphatic carbocycles. The van der Waals surface area contributed by atoms with Crippen molar-refractivity contribution in [1.82, 2.24) is 0 Å². The molecule has 1 unspecified atom stereocenters. The van der Waals surface area contributed by atoms with E-state index in [1.54, 1.807) is 6.92 Å². The Morgan fingerprint density at radius 2 is 2.20 bits per heavy atom. The molecule has 0 saturated heterocycles. The second-order valence-electron chi connectivity index (χ2n) is 2.30. The lowest BCUT2D eigenvalue weighted by molar-refractivity contribution is 0.174. The molecule has 0 aromatic heterocycles. The average Bonchev–Trinajstić information content (AvgIpc) is 2.59. The molecule has 1 atom stereocenters. The molecule has 3 heteroatoms. The van der Waals surface area contributed by atoms with Gasteiger partial charge in [0.05, 0.1) is 12.7 Å². The zero-order valence-corrected chi connectivity index (χ0v) is 5.79. The van der Waals surface area contributed by atoms with Crippen LogP contribution in [0.5, 0.6) is 0 Å². The van der Waals surface area contributed by atoms with Crippen molar-refractivity contribution in [3.8, 4) is 0 Å². The Labute approximate surface area is 58.6 Å². The zero-order valence-electron chi connectivity index (χ0n) is 5.79. The van der Waals surface area contributed by atoms with Crippen LogP contribution in [0.15, 0.2) is 4.79 Å². The van der Waals surface area contributed by atoms with E-state index < -0.39 is 6.10 Å². The first-order valence-corrected chi connectivity index (χ1v) is 3.29. The minimum Gasteiger partial charge on any atom is -0.392 e. The molecule has 2 N–H and O–H groups in total. The number of hydrogen-bond donors (Lipinski definition) is 2. The standard InChI is InChI=1S/C7H10O3/c1-2-5(9)6-4(3-8)7(6)10/h5,8-9H,2-3H2,1H3. The van der Waals surface area contributed by atoms with Gasteiger partial charge in [-0.3, -0.25) is 4.79 Å². The minimum absolute atomic E-state index is 0.156. The van der Waals surface area contributed by atoms with Gasteiger partial charge >= 0.3 is 0 Å². The molecular formula is C7H10O3. The largest absolute Gasteiger partial charge is 0.392 e.